The second-order valence-electron chi connectivity index (χ2n) is 6.57. The van der Waals surface area contributed by atoms with Crippen LogP contribution >= 0.6 is 0 Å². The van der Waals surface area contributed by atoms with E-state index in [1.807, 2.05) is 20.8 Å². The number of rotatable bonds is 6. The number of allylic oxidation sites excluding steroid dienone is 2. The molecule has 0 spiro atoms. The van der Waals surface area contributed by atoms with Gasteiger partial charge in [-0.2, -0.15) is 0 Å². The SMILES string of the molecule is Cc1ncc(-c2onc(C)c2C)c(CCNC(=O)C[C@@H]2C=CCC2)n1. The van der Waals surface area contributed by atoms with Crippen LogP contribution in [-0.4, -0.2) is 27.6 Å². The summed E-state index contributed by atoms with van der Waals surface area (Å²) in [4.78, 5) is 20.9. The highest BCUT2D eigenvalue weighted by Gasteiger charge is 2.17. The molecule has 2 heterocycles. The van der Waals surface area contributed by atoms with E-state index in [0.29, 0.717) is 36.9 Å². The van der Waals surface area contributed by atoms with Gasteiger partial charge in [-0.15, -0.1) is 0 Å². The average Bonchev–Trinajstić information content (AvgIpc) is 3.19. The molecule has 2 aromatic heterocycles. The maximum absolute atomic E-state index is 12.1. The van der Waals surface area contributed by atoms with E-state index in [-0.39, 0.29) is 5.91 Å². The normalized spacial score (nSPS) is 16.4. The number of nitrogens with one attached hydrogen (secondary N) is 1. The van der Waals surface area contributed by atoms with E-state index in [2.05, 4.69) is 32.6 Å². The molecule has 0 aliphatic heterocycles. The number of aromatic nitrogens is 3. The van der Waals surface area contributed by atoms with Gasteiger partial charge in [0.2, 0.25) is 5.91 Å². The van der Waals surface area contributed by atoms with Crippen LogP contribution in [0.1, 0.15) is 42.0 Å². The molecule has 25 heavy (non-hydrogen) atoms. The number of carbonyl (C=O) groups excluding carboxylic acids is 1. The van der Waals surface area contributed by atoms with Crippen LogP contribution in [0.4, 0.5) is 0 Å². The van der Waals surface area contributed by atoms with Crippen molar-refractivity contribution in [3.05, 3.63) is 41.1 Å². The molecular formula is C19H24N4O2. The summed E-state index contributed by atoms with van der Waals surface area (Å²) >= 11 is 0. The van der Waals surface area contributed by atoms with Gasteiger partial charge in [-0.3, -0.25) is 4.79 Å². The van der Waals surface area contributed by atoms with Crippen molar-refractivity contribution in [1.29, 1.82) is 0 Å². The van der Waals surface area contributed by atoms with Crippen molar-refractivity contribution in [2.45, 2.75) is 46.5 Å². The largest absolute Gasteiger partial charge is 0.356 e. The lowest BCUT2D eigenvalue weighted by atomic mass is 10.0. The molecule has 2 aromatic rings. The van der Waals surface area contributed by atoms with Crippen LogP contribution in [0.25, 0.3) is 11.3 Å². The molecule has 1 amide bonds. The molecule has 1 aliphatic carbocycles. The van der Waals surface area contributed by atoms with Crippen LogP contribution in [0, 0.1) is 26.7 Å². The molecule has 132 valence electrons. The van der Waals surface area contributed by atoms with Crippen molar-refractivity contribution in [1.82, 2.24) is 20.4 Å². The van der Waals surface area contributed by atoms with Gasteiger partial charge >= 0.3 is 0 Å². The van der Waals surface area contributed by atoms with Gasteiger partial charge in [0.15, 0.2) is 5.76 Å². The molecule has 1 N–H and O–H groups in total. The monoisotopic (exact) mass is 340 g/mol. The predicted molar refractivity (Wildman–Crippen MR) is 94.9 cm³/mol. The summed E-state index contributed by atoms with van der Waals surface area (Å²) in [5.74, 6) is 1.89. The molecule has 0 aromatic carbocycles. The molecule has 6 heteroatoms. The summed E-state index contributed by atoms with van der Waals surface area (Å²) in [6.07, 6.45) is 9.41. The molecule has 1 atom stereocenters. The Labute approximate surface area is 147 Å². The lowest BCUT2D eigenvalue weighted by molar-refractivity contribution is -0.121. The van der Waals surface area contributed by atoms with Crippen molar-refractivity contribution in [2.24, 2.45) is 5.92 Å². The summed E-state index contributed by atoms with van der Waals surface area (Å²) < 4.78 is 5.45. The number of hydrogen-bond acceptors (Lipinski definition) is 5. The minimum atomic E-state index is 0.0931. The zero-order valence-electron chi connectivity index (χ0n) is 15.0. The number of carbonyl (C=O) groups is 1. The first-order valence-electron chi connectivity index (χ1n) is 8.73. The van der Waals surface area contributed by atoms with Crippen LogP contribution in [-0.2, 0) is 11.2 Å². The van der Waals surface area contributed by atoms with Crippen molar-refractivity contribution in [3.63, 3.8) is 0 Å². The summed E-state index contributed by atoms with van der Waals surface area (Å²) in [7, 11) is 0. The zero-order chi connectivity index (χ0) is 17.8. The molecule has 0 fully saturated rings. The Morgan fingerprint density at radius 2 is 2.20 bits per heavy atom. The van der Waals surface area contributed by atoms with Gasteiger partial charge in [0.05, 0.1) is 17.0 Å². The van der Waals surface area contributed by atoms with E-state index in [1.54, 1.807) is 6.20 Å². The van der Waals surface area contributed by atoms with E-state index in [0.717, 1.165) is 35.4 Å². The van der Waals surface area contributed by atoms with Crippen LogP contribution < -0.4 is 5.32 Å². The van der Waals surface area contributed by atoms with Gasteiger partial charge in [0.1, 0.15) is 5.82 Å². The highest BCUT2D eigenvalue weighted by atomic mass is 16.5. The zero-order valence-corrected chi connectivity index (χ0v) is 15.0. The number of hydrogen-bond donors (Lipinski definition) is 1. The quantitative estimate of drug-likeness (QED) is 0.817. The van der Waals surface area contributed by atoms with E-state index < -0.39 is 0 Å². The minimum Gasteiger partial charge on any atom is -0.356 e. The van der Waals surface area contributed by atoms with E-state index >= 15 is 0 Å². The minimum absolute atomic E-state index is 0.0931. The molecule has 6 nitrogen and oxygen atoms in total. The van der Waals surface area contributed by atoms with Crippen LogP contribution in [0.15, 0.2) is 22.9 Å². The maximum Gasteiger partial charge on any atom is 0.220 e. The fraction of sp³-hybridized carbons (Fsp3) is 0.474. The first-order valence-corrected chi connectivity index (χ1v) is 8.73. The van der Waals surface area contributed by atoms with Crippen LogP contribution in [0.3, 0.4) is 0 Å². The number of amides is 1. The summed E-state index contributed by atoms with van der Waals surface area (Å²) in [5.41, 5.74) is 3.56. The molecule has 0 radical (unpaired) electrons. The van der Waals surface area contributed by atoms with Crippen LogP contribution in [0.2, 0.25) is 0 Å². The summed E-state index contributed by atoms with van der Waals surface area (Å²) in [6, 6.07) is 0. The molecule has 0 bridgehead atoms. The van der Waals surface area contributed by atoms with Gasteiger partial charge < -0.3 is 9.84 Å². The Bertz CT molecular complexity index is 795. The van der Waals surface area contributed by atoms with E-state index in [9.17, 15) is 4.79 Å². The number of aryl methyl sites for hydroxylation is 2. The summed E-state index contributed by atoms with van der Waals surface area (Å²) in [6.45, 7) is 6.29. The second-order valence-corrected chi connectivity index (χ2v) is 6.57. The predicted octanol–water partition coefficient (Wildman–Crippen LogP) is 3.07. The van der Waals surface area contributed by atoms with Gasteiger partial charge in [-0.05, 0) is 39.5 Å². The Morgan fingerprint density at radius 3 is 2.88 bits per heavy atom. The third-order valence-electron chi connectivity index (χ3n) is 4.63. The van der Waals surface area contributed by atoms with Crippen molar-refractivity contribution in [3.8, 4) is 11.3 Å². The van der Waals surface area contributed by atoms with Crippen molar-refractivity contribution >= 4 is 5.91 Å². The Hall–Kier alpha value is -2.50. The van der Waals surface area contributed by atoms with Gasteiger partial charge in [0, 0.05) is 31.1 Å². The van der Waals surface area contributed by atoms with Crippen LogP contribution in [0.5, 0.6) is 0 Å². The van der Waals surface area contributed by atoms with Gasteiger partial charge in [-0.1, -0.05) is 17.3 Å². The smallest absolute Gasteiger partial charge is 0.220 e. The maximum atomic E-state index is 12.1. The standard InChI is InChI=1S/C19H24N4O2/c1-12-13(2)23-25-19(12)16-11-21-14(3)22-17(16)8-9-20-18(24)10-15-6-4-5-7-15/h4,6,11,15H,5,7-10H2,1-3H3,(H,20,24)/t15-/m1/s1. The Morgan fingerprint density at radius 1 is 1.36 bits per heavy atom. The summed E-state index contributed by atoms with van der Waals surface area (Å²) in [5, 5.41) is 7.01. The highest BCUT2D eigenvalue weighted by molar-refractivity contribution is 5.76. The fourth-order valence-electron chi connectivity index (χ4n) is 3.06. The average molecular weight is 340 g/mol. The van der Waals surface area contributed by atoms with Gasteiger partial charge in [0.25, 0.3) is 0 Å². The molecule has 0 saturated heterocycles. The molecule has 1 aliphatic rings. The molecule has 0 unspecified atom stereocenters. The second kappa shape index (κ2) is 7.59. The van der Waals surface area contributed by atoms with Gasteiger partial charge in [-0.25, -0.2) is 9.97 Å². The highest BCUT2D eigenvalue weighted by Crippen LogP contribution is 2.27. The van der Waals surface area contributed by atoms with Crippen molar-refractivity contribution in [2.75, 3.05) is 6.54 Å². The molecular weight excluding hydrogens is 316 g/mol. The van der Waals surface area contributed by atoms with E-state index in [4.69, 9.17) is 4.52 Å². The molecule has 0 saturated carbocycles. The first kappa shape index (κ1) is 17.3. The Kier molecular flexibility index (Phi) is 5.26. The first-order chi connectivity index (χ1) is 12.0. The number of nitrogens with zero attached hydrogens (tertiary/aromatic N) is 3. The lowest BCUT2D eigenvalue weighted by Gasteiger charge is -2.10. The van der Waals surface area contributed by atoms with E-state index in [1.165, 1.54) is 0 Å². The fourth-order valence-corrected chi connectivity index (χ4v) is 3.06. The topological polar surface area (TPSA) is 80.9 Å². The third kappa shape index (κ3) is 4.13. The third-order valence-corrected chi connectivity index (χ3v) is 4.63. The van der Waals surface area contributed by atoms with Crippen molar-refractivity contribution < 1.29 is 9.32 Å². The molecule has 3 rings (SSSR count). The Balaban J connectivity index is 1.65. The lowest BCUT2D eigenvalue weighted by Crippen LogP contribution is -2.27.